The second kappa shape index (κ2) is 9.54. The summed E-state index contributed by atoms with van der Waals surface area (Å²) < 4.78 is 8.35. The first kappa shape index (κ1) is 14.6. The van der Waals surface area contributed by atoms with Crippen molar-refractivity contribution in [3.63, 3.8) is 0 Å². The summed E-state index contributed by atoms with van der Waals surface area (Å²) in [6.07, 6.45) is 12.6. The Morgan fingerprint density at radius 3 is 2.47 bits per heavy atom. The first-order valence-corrected chi connectivity index (χ1v) is 7.56. The fraction of sp³-hybridized carbons (Fsp3) is 0.846. The maximum atomic E-state index is 4.29. The van der Waals surface area contributed by atoms with Gasteiger partial charge in [0.1, 0.15) is 0 Å². The maximum Gasteiger partial charge on any atom is 0.0912 e. The van der Waals surface area contributed by atoms with E-state index in [1.54, 1.807) is 0 Å². The Kier molecular flexibility index (Phi) is 8.18. The SMILES string of the molecule is CCCCCCCCCC(NC)c1cnsn1. The van der Waals surface area contributed by atoms with Crippen LogP contribution < -0.4 is 5.32 Å². The van der Waals surface area contributed by atoms with Crippen LogP contribution in [0.25, 0.3) is 0 Å². The molecule has 0 spiro atoms. The van der Waals surface area contributed by atoms with Gasteiger partial charge in [-0.2, -0.15) is 8.75 Å². The van der Waals surface area contributed by atoms with E-state index in [-0.39, 0.29) is 0 Å². The number of hydrogen-bond acceptors (Lipinski definition) is 4. The molecule has 0 saturated heterocycles. The predicted octanol–water partition coefficient (Wildman–Crippen LogP) is 3.94. The molecule has 0 aliphatic carbocycles. The molecule has 0 radical (unpaired) electrons. The molecule has 17 heavy (non-hydrogen) atoms. The van der Waals surface area contributed by atoms with Gasteiger partial charge in [0, 0.05) is 0 Å². The minimum Gasteiger partial charge on any atom is -0.312 e. The quantitative estimate of drug-likeness (QED) is 0.643. The predicted molar refractivity (Wildman–Crippen MR) is 74.3 cm³/mol. The average molecular weight is 255 g/mol. The maximum absolute atomic E-state index is 4.29. The highest BCUT2D eigenvalue weighted by Crippen LogP contribution is 2.18. The second-order valence-electron chi connectivity index (χ2n) is 4.58. The van der Waals surface area contributed by atoms with E-state index >= 15 is 0 Å². The van der Waals surface area contributed by atoms with Crippen molar-refractivity contribution in [1.29, 1.82) is 0 Å². The van der Waals surface area contributed by atoms with Crippen LogP contribution in [0.2, 0.25) is 0 Å². The summed E-state index contributed by atoms with van der Waals surface area (Å²) in [7, 11) is 2.01. The Morgan fingerprint density at radius 1 is 1.18 bits per heavy atom. The van der Waals surface area contributed by atoms with Crippen molar-refractivity contribution < 1.29 is 0 Å². The van der Waals surface area contributed by atoms with Gasteiger partial charge >= 0.3 is 0 Å². The zero-order chi connectivity index (χ0) is 12.3. The monoisotopic (exact) mass is 255 g/mol. The molecule has 0 fully saturated rings. The highest BCUT2D eigenvalue weighted by atomic mass is 32.1. The number of aromatic nitrogens is 2. The summed E-state index contributed by atoms with van der Waals surface area (Å²) >= 11 is 1.30. The first-order valence-electron chi connectivity index (χ1n) is 6.83. The molecule has 1 heterocycles. The Morgan fingerprint density at radius 2 is 1.88 bits per heavy atom. The Balaban J connectivity index is 2.04. The minimum absolute atomic E-state index is 0.393. The van der Waals surface area contributed by atoms with Gasteiger partial charge in [-0.05, 0) is 13.5 Å². The van der Waals surface area contributed by atoms with Gasteiger partial charge in [-0.15, -0.1) is 0 Å². The third-order valence-corrected chi connectivity index (χ3v) is 3.67. The van der Waals surface area contributed by atoms with Crippen LogP contribution in [0, 0.1) is 0 Å². The molecule has 1 atom stereocenters. The minimum atomic E-state index is 0.393. The van der Waals surface area contributed by atoms with Crippen LogP contribution in [-0.4, -0.2) is 15.8 Å². The van der Waals surface area contributed by atoms with E-state index in [4.69, 9.17) is 0 Å². The van der Waals surface area contributed by atoms with Crippen molar-refractivity contribution in [2.75, 3.05) is 7.05 Å². The highest BCUT2D eigenvalue weighted by Gasteiger charge is 2.10. The Labute approximate surface area is 109 Å². The van der Waals surface area contributed by atoms with E-state index in [9.17, 15) is 0 Å². The van der Waals surface area contributed by atoms with Crippen molar-refractivity contribution in [3.05, 3.63) is 11.9 Å². The number of nitrogens with zero attached hydrogens (tertiary/aromatic N) is 2. The number of nitrogens with one attached hydrogen (secondary N) is 1. The summed E-state index contributed by atoms with van der Waals surface area (Å²) in [4.78, 5) is 0. The van der Waals surface area contributed by atoms with Crippen LogP contribution in [0.1, 0.15) is 70.0 Å². The summed E-state index contributed by atoms with van der Waals surface area (Å²) in [6, 6.07) is 0.393. The molecule has 98 valence electrons. The molecule has 0 aliphatic rings. The van der Waals surface area contributed by atoms with Crippen molar-refractivity contribution in [1.82, 2.24) is 14.1 Å². The number of hydrogen-bond donors (Lipinski definition) is 1. The van der Waals surface area contributed by atoms with E-state index in [1.165, 1.54) is 63.1 Å². The third-order valence-electron chi connectivity index (χ3n) is 3.18. The van der Waals surface area contributed by atoms with Crippen LogP contribution >= 0.6 is 11.7 Å². The molecule has 4 heteroatoms. The van der Waals surface area contributed by atoms with Crippen molar-refractivity contribution >= 4 is 11.7 Å². The first-order chi connectivity index (χ1) is 8.38. The van der Waals surface area contributed by atoms with Crippen molar-refractivity contribution in [2.45, 2.75) is 64.3 Å². The molecule has 0 amide bonds. The lowest BCUT2D eigenvalue weighted by molar-refractivity contribution is 0.490. The molecule has 1 aromatic rings. The fourth-order valence-electron chi connectivity index (χ4n) is 2.07. The Bertz CT molecular complexity index is 262. The fourth-order valence-corrected chi connectivity index (χ4v) is 2.54. The molecule has 1 rings (SSSR count). The molecular formula is C13H25N3S. The van der Waals surface area contributed by atoms with E-state index in [0.717, 1.165) is 5.69 Å². The average Bonchev–Trinajstić information content (AvgIpc) is 2.86. The molecule has 3 nitrogen and oxygen atoms in total. The van der Waals surface area contributed by atoms with Crippen LogP contribution in [-0.2, 0) is 0 Å². The van der Waals surface area contributed by atoms with Crippen molar-refractivity contribution in [3.8, 4) is 0 Å². The lowest BCUT2D eigenvalue weighted by Crippen LogP contribution is -2.16. The molecule has 0 aliphatic heterocycles. The van der Waals surface area contributed by atoms with Gasteiger partial charge in [-0.3, -0.25) is 0 Å². The topological polar surface area (TPSA) is 37.8 Å². The molecule has 0 bridgehead atoms. The zero-order valence-corrected chi connectivity index (χ0v) is 11.9. The summed E-state index contributed by atoms with van der Waals surface area (Å²) in [5, 5.41) is 3.32. The van der Waals surface area contributed by atoms with Crippen LogP contribution in [0.4, 0.5) is 0 Å². The van der Waals surface area contributed by atoms with Crippen molar-refractivity contribution in [2.24, 2.45) is 0 Å². The van der Waals surface area contributed by atoms with E-state index in [0.29, 0.717) is 6.04 Å². The standard InChI is InChI=1S/C13H25N3S/c1-3-4-5-6-7-8-9-10-12(14-2)13-11-15-17-16-13/h11-12,14H,3-10H2,1-2H3. The molecular weight excluding hydrogens is 230 g/mol. The number of unbranched alkanes of at least 4 members (excludes halogenated alkanes) is 6. The summed E-state index contributed by atoms with van der Waals surface area (Å²) in [6.45, 7) is 2.26. The van der Waals surface area contributed by atoms with E-state index in [2.05, 4.69) is 21.0 Å². The van der Waals surface area contributed by atoms with Crippen LogP contribution in [0.3, 0.4) is 0 Å². The van der Waals surface area contributed by atoms with Gasteiger partial charge < -0.3 is 5.32 Å². The smallest absolute Gasteiger partial charge is 0.0912 e. The van der Waals surface area contributed by atoms with Gasteiger partial charge in [-0.1, -0.05) is 51.9 Å². The highest BCUT2D eigenvalue weighted by molar-refractivity contribution is 6.99. The molecule has 1 N–H and O–H groups in total. The van der Waals surface area contributed by atoms with E-state index in [1.807, 2.05) is 13.2 Å². The zero-order valence-electron chi connectivity index (χ0n) is 11.1. The lowest BCUT2D eigenvalue weighted by atomic mass is 10.0. The van der Waals surface area contributed by atoms with Gasteiger partial charge in [0.15, 0.2) is 0 Å². The van der Waals surface area contributed by atoms with E-state index < -0.39 is 0 Å². The molecule has 0 saturated carbocycles. The summed E-state index contributed by atoms with van der Waals surface area (Å²) in [5.41, 5.74) is 1.10. The second-order valence-corrected chi connectivity index (χ2v) is 5.14. The van der Waals surface area contributed by atoms with Crippen LogP contribution in [0.15, 0.2) is 6.20 Å². The largest absolute Gasteiger partial charge is 0.312 e. The molecule has 1 aromatic heterocycles. The Hall–Kier alpha value is -0.480. The third kappa shape index (κ3) is 6.13. The van der Waals surface area contributed by atoms with Gasteiger partial charge in [0.05, 0.1) is 29.7 Å². The number of rotatable bonds is 10. The normalized spacial score (nSPS) is 12.8. The van der Waals surface area contributed by atoms with Gasteiger partial charge in [0.25, 0.3) is 0 Å². The lowest BCUT2D eigenvalue weighted by Gasteiger charge is -2.12. The molecule has 0 aromatic carbocycles. The molecule has 1 unspecified atom stereocenters. The summed E-state index contributed by atoms with van der Waals surface area (Å²) in [5.74, 6) is 0. The van der Waals surface area contributed by atoms with Crippen LogP contribution in [0.5, 0.6) is 0 Å². The van der Waals surface area contributed by atoms with Gasteiger partial charge in [-0.25, -0.2) is 0 Å². The van der Waals surface area contributed by atoms with Gasteiger partial charge in [0.2, 0.25) is 0 Å².